The van der Waals surface area contributed by atoms with Gasteiger partial charge in [0.25, 0.3) is 0 Å². The van der Waals surface area contributed by atoms with Gasteiger partial charge < -0.3 is 10.2 Å². The Morgan fingerprint density at radius 3 is 2.05 bits per heavy atom. The van der Waals surface area contributed by atoms with Crippen molar-refractivity contribution in [2.24, 2.45) is 5.41 Å². The first-order valence-electron chi connectivity index (χ1n) is 6.63. The van der Waals surface area contributed by atoms with E-state index in [1.165, 1.54) is 0 Å². The van der Waals surface area contributed by atoms with Crippen molar-refractivity contribution in [2.75, 3.05) is 24.6 Å². The van der Waals surface area contributed by atoms with Crippen molar-refractivity contribution in [2.45, 2.75) is 39.4 Å². The molecule has 0 spiro atoms. The van der Waals surface area contributed by atoms with Gasteiger partial charge in [-0.15, -0.1) is 0 Å². The Bertz CT molecular complexity index is 469. The number of sulfone groups is 1. The molecule has 124 valence electrons. The Kier molecular flexibility index (Phi) is 5.18. The van der Waals surface area contributed by atoms with Crippen LogP contribution in [0.1, 0.15) is 27.2 Å². The zero-order valence-electron chi connectivity index (χ0n) is 12.3. The average Bonchev–Trinajstić information content (AvgIpc) is 2.24. The normalized spacial score (nSPS) is 21.0. The lowest BCUT2D eigenvalue weighted by Crippen LogP contribution is -2.54. The molecule has 5 nitrogen and oxygen atoms in total. The largest absolute Gasteiger partial charge is 0.408 e. The molecule has 1 N–H and O–H groups in total. The molecular weight excluding hydrogens is 309 g/mol. The molecule has 2 amide bonds. The molecule has 0 aromatic heterocycles. The summed E-state index contributed by atoms with van der Waals surface area (Å²) in [5, 5.41) is 1.98. The van der Waals surface area contributed by atoms with Gasteiger partial charge in [-0.25, -0.2) is 13.2 Å². The molecule has 1 aliphatic rings. The summed E-state index contributed by atoms with van der Waals surface area (Å²) in [6, 6.07) is -2.81. The SMILES string of the molecule is CC(C)(C)C[C@@H](NC(=O)N1CCS(=O)(=O)CC1)C(F)(F)F. The van der Waals surface area contributed by atoms with E-state index in [0.29, 0.717) is 0 Å². The number of rotatable bonds is 2. The van der Waals surface area contributed by atoms with E-state index >= 15 is 0 Å². The molecule has 0 aromatic rings. The van der Waals surface area contributed by atoms with Gasteiger partial charge in [-0.1, -0.05) is 20.8 Å². The summed E-state index contributed by atoms with van der Waals surface area (Å²) in [5.74, 6) is -0.424. The highest BCUT2D eigenvalue weighted by molar-refractivity contribution is 7.91. The van der Waals surface area contributed by atoms with Crippen LogP contribution in [0.5, 0.6) is 0 Å². The molecule has 1 fully saturated rings. The van der Waals surface area contributed by atoms with E-state index in [0.717, 1.165) is 4.90 Å². The van der Waals surface area contributed by atoms with Gasteiger partial charge in [-0.05, 0) is 11.8 Å². The highest BCUT2D eigenvalue weighted by atomic mass is 32.2. The number of carbonyl (C=O) groups is 1. The summed E-state index contributed by atoms with van der Waals surface area (Å²) >= 11 is 0. The van der Waals surface area contributed by atoms with Crippen LogP contribution in [0.15, 0.2) is 0 Å². The maximum Gasteiger partial charge on any atom is 0.408 e. The van der Waals surface area contributed by atoms with Crippen molar-refractivity contribution in [1.82, 2.24) is 10.2 Å². The molecular formula is C12H21F3N2O3S. The van der Waals surface area contributed by atoms with Gasteiger partial charge in [-0.2, -0.15) is 13.2 Å². The Morgan fingerprint density at radius 2 is 1.67 bits per heavy atom. The van der Waals surface area contributed by atoms with Crippen molar-refractivity contribution in [3.05, 3.63) is 0 Å². The summed E-state index contributed by atoms with van der Waals surface area (Å²) in [5.41, 5.74) is -0.599. The third-order valence-electron chi connectivity index (χ3n) is 3.14. The van der Waals surface area contributed by atoms with E-state index in [4.69, 9.17) is 0 Å². The summed E-state index contributed by atoms with van der Waals surface area (Å²) < 4.78 is 61.4. The minimum Gasteiger partial charge on any atom is -0.326 e. The number of nitrogens with zero attached hydrogens (tertiary/aromatic N) is 1. The monoisotopic (exact) mass is 330 g/mol. The van der Waals surface area contributed by atoms with Crippen LogP contribution < -0.4 is 5.32 Å². The molecule has 21 heavy (non-hydrogen) atoms. The second-order valence-corrected chi connectivity index (χ2v) is 8.75. The highest BCUT2D eigenvalue weighted by Gasteiger charge is 2.43. The van der Waals surface area contributed by atoms with Gasteiger partial charge in [0.15, 0.2) is 9.84 Å². The van der Waals surface area contributed by atoms with Crippen LogP contribution in [0, 0.1) is 5.41 Å². The van der Waals surface area contributed by atoms with E-state index in [1.54, 1.807) is 20.8 Å². The van der Waals surface area contributed by atoms with Crippen molar-refractivity contribution >= 4 is 15.9 Å². The van der Waals surface area contributed by atoms with Gasteiger partial charge in [-0.3, -0.25) is 0 Å². The lowest BCUT2D eigenvalue weighted by atomic mass is 9.88. The molecule has 0 radical (unpaired) electrons. The Morgan fingerprint density at radius 1 is 1.19 bits per heavy atom. The first-order chi connectivity index (χ1) is 9.30. The Hall–Kier alpha value is -0.990. The van der Waals surface area contributed by atoms with Crippen LogP contribution in [0.4, 0.5) is 18.0 Å². The maximum absolute atomic E-state index is 13.0. The Balaban J connectivity index is 2.69. The number of hydrogen-bond donors (Lipinski definition) is 1. The molecule has 1 rings (SSSR count). The van der Waals surface area contributed by atoms with E-state index in [1.807, 2.05) is 5.32 Å². The minimum atomic E-state index is -4.54. The molecule has 1 atom stereocenters. The number of halogens is 3. The molecule has 1 aliphatic heterocycles. The van der Waals surface area contributed by atoms with Gasteiger partial charge >= 0.3 is 12.2 Å². The topological polar surface area (TPSA) is 66.5 Å². The first kappa shape index (κ1) is 18.1. The van der Waals surface area contributed by atoms with E-state index < -0.39 is 33.5 Å². The fourth-order valence-electron chi connectivity index (χ4n) is 2.02. The molecule has 0 saturated carbocycles. The molecule has 1 heterocycles. The zero-order valence-corrected chi connectivity index (χ0v) is 13.1. The number of nitrogens with one attached hydrogen (secondary N) is 1. The highest BCUT2D eigenvalue weighted by Crippen LogP contribution is 2.30. The van der Waals surface area contributed by atoms with Crippen molar-refractivity contribution < 1.29 is 26.4 Å². The molecule has 0 aromatic carbocycles. The van der Waals surface area contributed by atoms with E-state index in [2.05, 4.69) is 0 Å². The van der Waals surface area contributed by atoms with Gasteiger partial charge in [0.2, 0.25) is 0 Å². The lowest BCUT2D eigenvalue weighted by Gasteiger charge is -2.32. The molecule has 9 heteroatoms. The average molecular weight is 330 g/mol. The van der Waals surface area contributed by atoms with Crippen LogP contribution in [0.3, 0.4) is 0 Å². The fourth-order valence-corrected chi connectivity index (χ4v) is 3.22. The fraction of sp³-hybridized carbons (Fsp3) is 0.917. The first-order valence-corrected chi connectivity index (χ1v) is 8.45. The summed E-state index contributed by atoms with van der Waals surface area (Å²) in [7, 11) is -3.18. The lowest BCUT2D eigenvalue weighted by molar-refractivity contribution is -0.159. The van der Waals surface area contributed by atoms with Crippen LogP contribution in [-0.4, -0.2) is 56.2 Å². The number of alkyl halides is 3. The predicted octanol–water partition coefficient (Wildman–Crippen LogP) is 1.79. The molecule has 0 bridgehead atoms. The van der Waals surface area contributed by atoms with E-state index in [9.17, 15) is 26.4 Å². The Labute approximate surface area is 122 Å². The van der Waals surface area contributed by atoms with Crippen molar-refractivity contribution in [3.8, 4) is 0 Å². The van der Waals surface area contributed by atoms with Gasteiger partial charge in [0, 0.05) is 13.1 Å². The van der Waals surface area contributed by atoms with Crippen LogP contribution in [0.2, 0.25) is 0 Å². The molecule has 1 saturated heterocycles. The number of amides is 2. The van der Waals surface area contributed by atoms with Crippen LogP contribution in [0.25, 0.3) is 0 Å². The minimum absolute atomic E-state index is 0.0751. The van der Waals surface area contributed by atoms with Gasteiger partial charge in [0.1, 0.15) is 6.04 Å². The molecule has 0 unspecified atom stereocenters. The molecule has 0 aliphatic carbocycles. The standard InChI is InChI=1S/C12H21F3N2O3S/c1-11(2,3)8-9(12(13,14)15)16-10(18)17-4-6-21(19,20)7-5-17/h9H,4-8H2,1-3H3,(H,16,18)/t9-/m1/s1. The number of carbonyl (C=O) groups excluding carboxylic acids is 1. The number of urea groups is 1. The third-order valence-corrected chi connectivity index (χ3v) is 4.75. The maximum atomic E-state index is 13.0. The van der Waals surface area contributed by atoms with Gasteiger partial charge in [0.05, 0.1) is 11.5 Å². The van der Waals surface area contributed by atoms with Crippen molar-refractivity contribution in [3.63, 3.8) is 0 Å². The second-order valence-electron chi connectivity index (χ2n) is 6.45. The van der Waals surface area contributed by atoms with Crippen molar-refractivity contribution in [1.29, 1.82) is 0 Å². The van der Waals surface area contributed by atoms with E-state index in [-0.39, 0.29) is 31.0 Å². The summed E-state index contributed by atoms with van der Waals surface area (Å²) in [6.45, 7) is 4.82. The van der Waals surface area contributed by atoms with Crippen LogP contribution in [-0.2, 0) is 9.84 Å². The summed E-state index contributed by atoms with van der Waals surface area (Å²) in [4.78, 5) is 13.0. The van der Waals surface area contributed by atoms with Crippen LogP contribution >= 0.6 is 0 Å². The predicted molar refractivity (Wildman–Crippen MR) is 72.7 cm³/mol. The quantitative estimate of drug-likeness (QED) is 0.839. The summed E-state index contributed by atoms with van der Waals surface area (Å²) in [6.07, 6.45) is -4.78. The smallest absolute Gasteiger partial charge is 0.326 e. The second kappa shape index (κ2) is 6.02. The third kappa shape index (κ3) is 6.11. The zero-order chi connectivity index (χ0) is 16.5. The number of hydrogen-bond acceptors (Lipinski definition) is 3.